The van der Waals surface area contributed by atoms with Crippen molar-refractivity contribution < 1.29 is 24.1 Å². The van der Waals surface area contributed by atoms with Crippen LogP contribution in [0.15, 0.2) is 46.2 Å². The molecule has 0 radical (unpaired) electrons. The maximum atomic E-state index is 12.3. The van der Waals surface area contributed by atoms with E-state index in [1.165, 1.54) is 12.1 Å². The molecular formula is C21H26N2O6. The normalized spacial score (nSPS) is 23.3. The summed E-state index contributed by atoms with van der Waals surface area (Å²) in [7, 11) is 4.69. The van der Waals surface area contributed by atoms with Gasteiger partial charge in [-0.1, -0.05) is 11.6 Å². The van der Waals surface area contributed by atoms with Crippen molar-refractivity contribution >= 4 is 5.91 Å². The van der Waals surface area contributed by atoms with Crippen LogP contribution in [0, 0.1) is 0 Å². The molecule has 4 N–H and O–H groups in total. The number of allylic oxidation sites excluding steroid dienone is 1. The van der Waals surface area contributed by atoms with Crippen LogP contribution in [0.5, 0.6) is 5.75 Å². The van der Waals surface area contributed by atoms with Crippen LogP contribution in [0.2, 0.25) is 0 Å². The lowest BCUT2D eigenvalue weighted by molar-refractivity contribution is -0.120. The molecule has 0 spiro atoms. The average molecular weight is 402 g/mol. The SMILES string of the molecule is COC1=C(OC)C(OC)C2C(=C1)CC[C@H](NC(=O)CN)c1cc(=O)c(O)ccc12. The van der Waals surface area contributed by atoms with Crippen LogP contribution in [0.3, 0.4) is 0 Å². The molecule has 0 bridgehead atoms. The van der Waals surface area contributed by atoms with Crippen LogP contribution in [0.25, 0.3) is 0 Å². The lowest BCUT2D eigenvalue weighted by Gasteiger charge is -2.33. The molecule has 2 aliphatic carbocycles. The molecule has 2 aliphatic rings. The van der Waals surface area contributed by atoms with Gasteiger partial charge in [0, 0.05) is 13.0 Å². The second kappa shape index (κ2) is 8.67. The number of aromatic hydroxyl groups is 1. The number of hydrogen-bond acceptors (Lipinski definition) is 7. The Kier molecular flexibility index (Phi) is 6.24. The van der Waals surface area contributed by atoms with Crippen molar-refractivity contribution in [2.45, 2.75) is 30.9 Å². The van der Waals surface area contributed by atoms with E-state index in [0.29, 0.717) is 29.9 Å². The van der Waals surface area contributed by atoms with Gasteiger partial charge >= 0.3 is 0 Å². The molecule has 0 aliphatic heterocycles. The first-order valence-electron chi connectivity index (χ1n) is 9.37. The molecule has 3 atom stereocenters. The van der Waals surface area contributed by atoms with Crippen LogP contribution in [-0.4, -0.2) is 45.0 Å². The topological polar surface area (TPSA) is 120 Å². The molecule has 1 aromatic carbocycles. The largest absolute Gasteiger partial charge is 0.504 e. The number of ether oxygens (including phenoxy) is 3. The van der Waals surface area contributed by atoms with Crippen LogP contribution in [0.1, 0.15) is 35.9 Å². The number of nitrogens with two attached hydrogens (primary N) is 1. The average Bonchev–Trinajstić information content (AvgIpc) is 2.96. The summed E-state index contributed by atoms with van der Waals surface area (Å²) in [6.45, 7) is -0.156. The highest BCUT2D eigenvalue weighted by molar-refractivity contribution is 5.78. The van der Waals surface area contributed by atoms with Crippen molar-refractivity contribution in [1.29, 1.82) is 0 Å². The minimum Gasteiger partial charge on any atom is -0.504 e. The molecular weight excluding hydrogens is 376 g/mol. The summed E-state index contributed by atoms with van der Waals surface area (Å²) in [5, 5.41) is 12.9. The highest BCUT2D eigenvalue weighted by atomic mass is 16.5. The van der Waals surface area contributed by atoms with Gasteiger partial charge in [0.1, 0.15) is 6.10 Å². The van der Waals surface area contributed by atoms with Crippen molar-refractivity contribution in [2.24, 2.45) is 5.73 Å². The summed E-state index contributed by atoms with van der Waals surface area (Å²) in [4.78, 5) is 24.4. The first-order valence-corrected chi connectivity index (χ1v) is 9.37. The second-order valence-corrected chi connectivity index (χ2v) is 6.99. The Morgan fingerprint density at radius 2 is 2.00 bits per heavy atom. The van der Waals surface area contributed by atoms with Crippen molar-refractivity contribution in [2.75, 3.05) is 27.9 Å². The Bertz CT molecular complexity index is 924. The van der Waals surface area contributed by atoms with Gasteiger partial charge in [-0.15, -0.1) is 0 Å². The number of hydrogen-bond donors (Lipinski definition) is 3. The van der Waals surface area contributed by atoms with Gasteiger partial charge in [-0.3, -0.25) is 9.59 Å². The molecule has 0 fully saturated rings. The molecule has 0 aromatic heterocycles. The number of nitrogens with one attached hydrogen (secondary N) is 1. The van der Waals surface area contributed by atoms with Gasteiger partial charge in [0.25, 0.3) is 0 Å². The fourth-order valence-corrected chi connectivity index (χ4v) is 4.13. The zero-order valence-electron chi connectivity index (χ0n) is 16.7. The van der Waals surface area contributed by atoms with Crippen molar-refractivity contribution in [3.8, 4) is 5.75 Å². The Morgan fingerprint density at radius 1 is 1.24 bits per heavy atom. The minimum absolute atomic E-state index is 0.156. The van der Waals surface area contributed by atoms with E-state index in [1.54, 1.807) is 27.4 Å². The minimum atomic E-state index is -0.518. The summed E-state index contributed by atoms with van der Waals surface area (Å²) < 4.78 is 16.8. The zero-order chi connectivity index (χ0) is 21.1. The molecule has 8 heteroatoms. The number of carbonyl (C=O) groups is 1. The molecule has 2 unspecified atom stereocenters. The van der Waals surface area contributed by atoms with E-state index < -0.39 is 17.6 Å². The van der Waals surface area contributed by atoms with Gasteiger partial charge < -0.3 is 30.4 Å². The van der Waals surface area contributed by atoms with Crippen molar-refractivity contribution in [1.82, 2.24) is 5.32 Å². The van der Waals surface area contributed by atoms with E-state index in [0.717, 1.165) is 11.1 Å². The third-order valence-electron chi connectivity index (χ3n) is 5.46. The molecule has 1 amide bonds. The smallest absolute Gasteiger partial charge is 0.234 e. The molecule has 156 valence electrons. The molecule has 0 heterocycles. The number of amides is 1. The zero-order valence-corrected chi connectivity index (χ0v) is 16.7. The van der Waals surface area contributed by atoms with Crippen molar-refractivity contribution in [3.05, 3.63) is 62.7 Å². The number of carbonyl (C=O) groups excluding carboxylic acids is 1. The maximum Gasteiger partial charge on any atom is 0.234 e. The van der Waals surface area contributed by atoms with E-state index in [2.05, 4.69) is 5.32 Å². The first kappa shape index (κ1) is 20.9. The van der Waals surface area contributed by atoms with Gasteiger partial charge in [-0.05, 0) is 42.2 Å². The van der Waals surface area contributed by atoms with Gasteiger partial charge in [0.15, 0.2) is 17.3 Å². The molecule has 1 aromatic rings. The van der Waals surface area contributed by atoms with E-state index in [1.807, 2.05) is 6.08 Å². The molecule has 3 rings (SSSR count). The van der Waals surface area contributed by atoms with Gasteiger partial charge in [0.2, 0.25) is 11.3 Å². The summed E-state index contributed by atoms with van der Waals surface area (Å²) >= 11 is 0. The number of fused-ring (bicyclic) bond motifs is 3. The fraction of sp³-hybridized carbons (Fsp3) is 0.429. The summed E-state index contributed by atoms with van der Waals surface area (Å²) in [6, 6.07) is 4.03. The highest BCUT2D eigenvalue weighted by Gasteiger charge is 2.40. The van der Waals surface area contributed by atoms with Crippen LogP contribution in [-0.2, 0) is 19.0 Å². The molecule has 8 nitrogen and oxygen atoms in total. The quantitative estimate of drug-likeness (QED) is 0.677. The molecule has 0 saturated carbocycles. The monoisotopic (exact) mass is 402 g/mol. The first-order chi connectivity index (χ1) is 13.9. The third kappa shape index (κ3) is 3.86. The lowest BCUT2D eigenvalue weighted by Crippen LogP contribution is -2.34. The van der Waals surface area contributed by atoms with Crippen LogP contribution >= 0.6 is 0 Å². The Hall–Kier alpha value is -2.84. The summed E-state index contributed by atoms with van der Waals surface area (Å²) in [6.07, 6.45) is 2.63. The van der Waals surface area contributed by atoms with E-state index in [9.17, 15) is 14.7 Å². The van der Waals surface area contributed by atoms with E-state index >= 15 is 0 Å². The van der Waals surface area contributed by atoms with Gasteiger partial charge in [-0.25, -0.2) is 0 Å². The molecule has 29 heavy (non-hydrogen) atoms. The summed E-state index contributed by atoms with van der Waals surface area (Å²) in [5.41, 5.74) is 7.38. The predicted molar refractivity (Wildman–Crippen MR) is 106 cm³/mol. The van der Waals surface area contributed by atoms with Crippen LogP contribution < -0.4 is 16.5 Å². The second-order valence-electron chi connectivity index (χ2n) is 6.99. The number of rotatable bonds is 5. The Morgan fingerprint density at radius 3 is 2.62 bits per heavy atom. The maximum absolute atomic E-state index is 12.3. The molecule has 0 saturated heterocycles. The van der Waals surface area contributed by atoms with Gasteiger partial charge in [-0.2, -0.15) is 0 Å². The van der Waals surface area contributed by atoms with Crippen LogP contribution in [0.4, 0.5) is 0 Å². The number of methoxy groups -OCH3 is 3. The standard InChI is InChI=1S/C21H26N2O6/c1-27-17-8-11-4-6-14(23-18(26)10-22)13-9-16(25)15(24)7-5-12(13)19(11)21(29-3)20(17)28-2/h5,7-9,14,19,21H,4,6,10,22H2,1-3H3,(H,23,26)(H,24,25)/t14-,19?,21?/m0/s1. The highest BCUT2D eigenvalue weighted by Crippen LogP contribution is 2.46. The fourth-order valence-electron chi connectivity index (χ4n) is 4.13. The predicted octanol–water partition coefficient (Wildman–Crippen LogP) is 1.21. The van der Waals surface area contributed by atoms with Gasteiger partial charge in [0.05, 0.1) is 26.8 Å². The third-order valence-corrected chi connectivity index (χ3v) is 5.46. The Balaban J connectivity index is 2.24. The summed E-state index contributed by atoms with van der Waals surface area (Å²) in [5.74, 6) is 0.160. The van der Waals surface area contributed by atoms with E-state index in [4.69, 9.17) is 19.9 Å². The lowest BCUT2D eigenvalue weighted by atomic mass is 9.80. The van der Waals surface area contributed by atoms with Crippen molar-refractivity contribution in [3.63, 3.8) is 0 Å². The van der Waals surface area contributed by atoms with E-state index in [-0.39, 0.29) is 24.1 Å². The Labute approximate surface area is 169 Å².